The lowest BCUT2D eigenvalue weighted by Crippen LogP contribution is -2.32. The van der Waals surface area contributed by atoms with E-state index in [2.05, 4.69) is 32.9 Å². The van der Waals surface area contributed by atoms with Gasteiger partial charge in [-0.05, 0) is 71.5 Å². The van der Waals surface area contributed by atoms with E-state index in [0.29, 0.717) is 28.8 Å². The number of amides is 1. The molecule has 0 aliphatic heterocycles. The Bertz CT molecular complexity index is 905. The van der Waals surface area contributed by atoms with Crippen molar-refractivity contribution in [3.05, 3.63) is 58.0 Å². The highest BCUT2D eigenvalue weighted by Gasteiger charge is 2.22. The monoisotopic (exact) mass is 450 g/mol. The number of benzene rings is 2. The summed E-state index contributed by atoms with van der Waals surface area (Å²) in [4.78, 5) is 28.7. The third-order valence-electron chi connectivity index (χ3n) is 3.59. The maximum atomic E-state index is 12.3. The Morgan fingerprint density at radius 2 is 2.00 bits per heavy atom. The largest absolute Gasteiger partial charge is 0.449 e. The molecule has 128 valence electrons. The zero-order valence-corrected chi connectivity index (χ0v) is 15.5. The Hall–Kier alpha value is -2.42. The summed E-state index contributed by atoms with van der Waals surface area (Å²) in [5, 5.41) is 2.75. The summed E-state index contributed by atoms with van der Waals surface area (Å²) in [6.07, 6.45) is 0.799. The summed E-state index contributed by atoms with van der Waals surface area (Å²) in [6, 6.07) is 12.2. The number of hydrogen-bond acceptors (Lipinski definition) is 5. The number of rotatable bonds is 5. The number of esters is 1. The van der Waals surface area contributed by atoms with Crippen LogP contribution in [0.2, 0.25) is 0 Å². The van der Waals surface area contributed by atoms with E-state index in [4.69, 9.17) is 9.15 Å². The molecule has 1 aromatic heterocycles. The van der Waals surface area contributed by atoms with Crippen LogP contribution in [0.1, 0.15) is 23.7 Å². The van der Waals surface area contributed by atoms with Gasteiger partial charge in [-0.3, -0.25) is 4.79 Å². The first kappa shape index (κ1) is 17.4. The van der Waals surface area contributed by atoms with E-state index in [1.807, 2.05) is 12.1 Å². The highest BCUT2D eigenvalue weighted by Crippen LogP contribution is 2.17. The molecule has 0 radical (unpaired) electrons. The summed E-state index contributed by atoms with van der Waals surface area (Å²) >= 11 is 2.18. The van der Waals surface area contributed by atoms with Crippen molar-refractivity contribution >= 4 is 51.3 Å². The van der Waals surface area contributed by atoms with Gasteiger partial charge in [0.1, 0.15) is 5.52 Å². The number of hydrogen-bond donors (Lipinski definition) is 1. The van der Waals surface area contributed by atoms with E-state index < -0.39 is 12.1 Å². The molecule has 6 nitrogen and oxygen atoms in total. The molecule has 1 atom stereocenters. The number of fused-ring (bicyclic) bond motifs is 1. The molecule has 0 bridgehead atoms. The van der Waals surface area contributed by atoms with E-state index in [-0.39, 0.29) is 5.91 Å². The van der Waals surface area contributed by atoms with Gasteiger partial charge in [0.15, 0.2) is 18.1 Å². The molecule has 25 heavy (non-hydrogen) atoms. The second kappa shape index (κ2) is 7.64. The highest BCUT2D eigenvalue weighted by atomic mass is 127. The Balaban J connectivity index is 1.68. The zero-order chi connectivity index (χ0) is 17.8. The Kier molecular flexibility index (Phi) is 5.32. The summed E-state index contributed by atoms with van der Waals surface area (Å²) in [7, 11) is 0. The first-order valence-corrected chi connectivity index (χ1v) is 8.75. The molecule has 3 rings (SSSR count). The number of nitrogens with zero attached hydrogens (tertiary/aromatic N) is 1. The summed E-state index contributed by atoms with van der Waals surface area (Å²) < 4.78 is 11.6. The van der Waals surface area contributed by atoms with Crippen LogP contribution in [-0.4, -0.2) is 23.0 Å². The standard InChI is InChI=1S/C18H15IN2O4/c1-2-15(17(22)21-13-6-4-12(19)5-7-13)25-18(23)11-3-8-14-16(9-11)24-10-20-14/h3-10,15H,2H2,1H3,(H,21,22). The van der Waals surface area contributed by atoms with Crippen molar-refractivity contribution in [2.24, 2.45) is 0 Å². The lowest BCUT2D eigenvalue weighted by Gasteiger charge is -2.16. The topological polar surface area (TPSA) is 81.4 Å². The molecule has 1 heterocycles. The minimum atomic E-state index is -0.878. The lowest BCUT2D eigenvalue weighted by atomic mass is 10.2. The van der Waals surface area contributed by atoms with Gasteiger partial charge in [-0.25, -0.2) is 9.78 Å². The molecule has 3 aromatic rings. The van der Waals surface area contributed by atoms with E-state index in [9.17, 15) is 9.59 Å². The first-order valence-electron chi connectivity index (χ1n) is 7.67. The molecule has 2 aromatic carbocycles. The molecule has 0 aliphatic rings. The predicted molar refractivity (Wildman–Crippen MR) is 101 cm³/mol. The maximum Gasteiger partial charge on any atom is 0.339 e. The number of aromatic nitrogens is 1. The minimum absolute atomic E-state index is 0.310. The first-order chi connectivity index (χ1) is 12.1. The van der Waals surface area contributed by atoms with Crippen molar-refractivity contribution < 1.29 is 18.7 Å². The van der Waals surface area contributed by atoms with Gasteiger partial charge in [-0.15, -0.1) is 0 Å². The van der Waals surface area contributed by atoms with Crippen LogP contribution in [0.3, 0.4) is 0 Å². The lowest BCUT2D eigenvalue weighted by molar-refractivity contribution is -0.124. The van der Waals surface area contributed by atoms with Crippen LogP contribution < -0.4 is 5.32 Å². The summed E-state index contributed by atoms with van der Waals surface area (Å²) in [5.41, 5.74) is 2.11. The molecule has 0 saturated heterocycles. The normalized spacial score (nSPS) is 11.9. The van der Waals surface area contributed by atoms with Crippen LogP contribution in [0.4, 0.5) is 5.69 Å². The zero-order valence-electron chi connectivity index (χ0n) is 13.4. The van der Waals surface area contributed by atoms with Crippen LogP contribution in [0.5, 0.6) is 0 Å². The number of oxazole rings is 1. The van der Waals surface area contributed by atoms with Crippen molar-refractivity contribution in [1.82, 2.24) is 4.98 Å². The number of nitrogens with one attached hydrogen (secondary N) is 1. The van der Waals surface area contributed by atoms with E-state index in [1.165, 1.54) is 6.39 Å². The summed E-state index contributed by atoms with van der Waals surface area (Å²) in [6.45, 7) is 1.78. The Morgan fingerprint density at radius 3 is 2.72 bits per heavy atom. The molecule has 1 N–H and O–H groups in total. The maximum absolute atomic E-state index is 12.3. The number of carbonyl (C=O) groups excluding carboxylic acids is 2. The van der Waals surface area contributed by atoms with E-state index >= 15 is 0 Å². The van der Waals surface area contributed by atoms with Gasteiger partial charge in [0.25, 0.3) is 5.91 Å². The fraction of sp³-hybridized carbons (Fsp3) is 0.167. The molecule has 0 aliphatic carbocycles. The fourth-order valence-corrected chi connectivity index (χ4v) is 2.62. The van der Waals surface area contributed by atoms with Crippen molar-refractivity contribution in [1.29, 1.82) is 0 Å². The molecule has 7 heteroatoms. The van der Waals surface area contributed by atoms with E-state index in [1.54, 1.807) is 37.3 Å². The SMILES string of the molecule is CCC(OC(=O)c1ccc2ncoc2c1)C(=O)Nc1ccc(I)cc1. The van der Waals surface area contributed by atoms with E-state index in [0.717, 1.165) is 3.57 Å². The number of ether oxygens (including phenoxy) is 1. The average Bonchev–Trinajstić information content (AvgIpc) is 3.09. The van der Waals surface area contributed by atoms with Crippen molar-refractivity contribution in [3.8, 4) is 0 Å². The van der Waals surface area contributed by atoms with Crippen molar-refractivity contribution in [3.63, 3.8) is 0 Å². The van der Waals surface area contributed by atoms with Crippen LogP contribution in [0, 0.1) is 3.57 Å². The average molecular weight is 450 g/mol. The smallest absolute Gasteiger partial charge is 0.339 e. The molecule has 1 unspecified atom stereocenters. The van der Waals surface area contributed by atoms with Gasteiger partial charge in [-0.1, -0.05) is 6.92 Å². The van der Waals surface area contributed by atoms with Crippen LogP contribution in [0.15, 0.2) is 53.3 Å². The quantitative estimate of drug-likeness (QED) is 0.470. The number of halogens is 1. The number of anilines is 1. The Morgan fingerprint density at radius 1 is 1.24 bits per heavy atom. The van der Waals surface area contributed by atoms with Crippen molar-refractivity contribution in [2.75, 3.05) is 5.32 Å². The third-order valence-corrected chi connectivity index (χ3v) is 4.31. The van der Waals surface area contributed by atoms with Gasteiger partial charge in [0, 0.05) is 9.26 Å². The van der Waals surface area contributed by atoms with Gasteiger partial charge in [0.05, 0.1) is 5.56 Å². The van der Waals surface area contributed by atoms with Crippen LogP contribution >= 0.6 is 22.6 Å². The second-order valence-electron chi connectivity index (χ2n) is 5.33. The second-order valence-corrected chi connectivity index (χ2v) is 6.58. The van der Waals surface area contributed by atoms with Gasteiger partial charge in [0.2, 0.25) is 0 Å². The highest BCUT2D eigenvalue weighted by molar-refractivity contribution is 14.1. The van der Waals surface area contributed by atoms with Crippen LogP contribution in [0.25, 0.3) is 11.1 Å². The number of carbonyl (C=O) groups is 2. The molecule has 0 spiro atoms. The molecular weight excluding hydrogens is 435 g/mol. The molecule has 1 amide bonds. The van der Waals surface area contributed by atoms with Gasteiger partial charge in [-0.2, -0.15) is 0 Å². The fourth-order valence-electron chi connectivity index (χ4n) is 2.26. The molecular formula is C18H15IN2O4. The predicted octanol–water partition coefficient (Wildman–Crippen LogP) is 4.01. The van der Waals surface area contributed by atoms with Gasteiger partial charge < -0.3 is 14.5 Å². The summed E-state index contributed by atoms with van der Waals surface area (Å²) in [5.74, 6) is -0.944. The van der Waals surface area contributed by atoms with Crippen molar-refractivity contribution in [2.45, 2.75) is 19.4 Å². The van der Waals surface area contributed by atoms with Gasteiger partial charge >= 0.3 is 5.97 Å². The Labute approximate surface area is 157 Å². The third kappa shape index (κ3) is 4.16. The minimum Gasteiger partial charge on any atom is -0.449 e. The molecule has 0 saturated carbocycles. The van der Waals surface area contributed by atoms with Crippen LogP contribution in [-0.2, 0) is 9.53 Å². The molecule has 0 fully saturated rings.